The molecule has 1 aromatic carbocycles. The Bertz CT molecular complexity index is 560. The third-order valence-electron chi connectivity index (χ3n) is 4.14. The molecule has 2 aromatic rings. The van der Waals surface area contributed by atoms with Crippen LogP contribution in [0, 0.1) is 5.41 Å². The predicted molar refractivity (Wildman–Crippen MR) is 81.0 cm³/mol. The Kier molecular flexibility index (Phi) is 3.47. The van der Waals surface area contributed by atoms with E-state index in [0.717, 1.165) is 5.69 Å². The molecule has 0 spiro atoms. The molecular formula is C16H22N4. The maximum absolute atomic E-state index is 3.86. The molecule has 106 valence electrons. The van der Waals surface area contributed by atoms with Crippen molar-refractivity contribution >= 4 is 5.69 Å². The van der Waals surface area contributed by atoms with E-state index in [-0.39, 0.29) is 0 Å². The molecule has 1 heterocycles. The standard InChI is InChI=1S/C16H22N4/c1-16(2)8-4-6-14(10-16)19-13-5-3-7-15(9-13)20-11-17-18-12-20/h3,5,7,9,11-12,14,19H,4,6,8,10H2,1-2H3. The summed E-state index contributed by atoms with van der Waals surface area (Å²) in [7, 11) is 0. The molecule has 0 bridgehead atoms. The number of nitrogens with zero attached hydrogens (tertiary/aromatic N) is 3. The predicted octanol–water partition coefficient (Wildman–Crippen LogP) is 3.65. The fourth-order valence-electron chi connectivity index (χ4n) is 3.15. The van der Waals surface area contributed by atoms with E-state index in [2.05, 4.69) is 53.6 Å². The molecule has 1 aliphatic carbocycles. The number of hydrogen-bond acceptors (Lipinski definition) is 3. The van der Waals surface area contributed by atoms with Gasteiger partial charge in [-0.2, -0.15) is 0 Å². The summed E-state index contributed by atoms with van der Waals surface area (Å²) in [5.74, 6) is 0. The number of hydrogen-bond donors (Lipinski definition) is 1. The van der Waals surface area contributed by atoms with Crippen LogP contribution in [0.25, 0.3) is 5.69 Å². The van der Waals surface area contributed by atoms with E-state index in [4.69, 9.17) is 0 Å². The molecule has 0 saturated heterocycles. The van der Waals surface area contributed by atoms with Crippen molar-refractivity contribution in [2.45, 2.75) is 45.6 Å². The van der Waals surface area contributed by atoms with Gasteiger partial charge in [-0.3, -0.25) is 4.57 Å². The summed E-state index contributed by atoms with van der Waals surface area (Å²) in [6.07, 6.45) is 8.61. The van der Waals surface area contributed by atoms with Gasteiger partial charge >= 0.3 is 0 Å². The van der Waals surface area contributed by atoms with Gasteiger partial charge in [-0.05, 0) is 42.9 Å². The van der Waals surface area contributed by atoms with E-state index < -0.39 is 0 Å². The van der Waals surface area contributed by atoms with Crippen LogP contribution in [0.2, 0.25) is 0 Å². The molecule has 1 saturated carbocycles. The molecular weight excluding hydrogens is 248 g/mol. The Morgan fingerprint density at radius 2 is 2.05 bits per heavy atom. The van der Waals surface area contributed by atoms with Crippen LogP contribution >= 0.6 is 0 Å². The first-order valence-electron chi connectivity index (χ1n) is 7.34. The third kappa shape index (κ3) is 3.00. The number of anilines is 1. The fourth-order valence-corrected chi connectivity index (χ4v) is 3.15. The first-order chi connectivity index (χ1) is 9.62. The lowest BCUT2D eigenvalue weighted by atomic mass is 9.75. The van der Waals surface area contributed by atoms with Crippen LogP contribution in [-0.4, -0.2) is 20.8 Å². The van der Waals surface area contributed by atoms with Crippen LogP contribution in [-0.2, 0) is 0 Å². The van der Waals surface area contributed by atoms with Crippen LogP contribution in [0.1, 0.15) is 39.5 Å². The minimum atomic E-state index is 0.460. The van der Waals surface area contributed by atoms with Gasteiger partial charge in [0.15, 0.2) is 0 Å². The number of rotatable bonds is 3. The van der Waals surface area contributed by atoms with Gasteiger partial charge in [0.05, 0.1) is 5.69 Å². The van der Waals surface area contributed by atoms with Crippen molar-refractivity contribution in [3.05, 3.63) is 36.9 Å². The van der Waals surface area contributed by atoms with Crippen molar-refractivity contribution in [3.63, 3.8) is 0 Å². The van der Waals surface area contributed by atoms with Crippen LogP contribution in [0.3, 0.4) is 0 Å². The second-order valence-corrected chi connectivity index (χ2v) is 6.52. The van der Waals surface area contributed by atoms with E-state index >= 15 is 0 Å². The quantitative estimate of drug-likeness (QED) is 0.925. The lowest BCUT2D eigenvalue weighted by Gasteiger charge is -2.36. The average molecular weight is 270 g/mol. The summed E-state index contributed by atoms with van der Waals surface area (Å²) in [5.41, 5.74) is 2.73. The Morgan fingerprint density at radius 3 is 2.80 bits per heavy atom. The Hall–Kier alpha value is -1.84. The van der Waals surface area contributed by atoms with Gasteiger partial charge in [-0.15, -0.1) is 10.2 Å². The topological polar surface area (TPSA) is 42.7 Å². The molecule has 0 radical (unpaired) electrons. The highest BCUT2D eigenvalue weighted by atomic mass is 15.2. The second-order valence-electron chi connectivity index (χ2n) is 6.52. The molecule has 1 N–H and O–H groups in total. The summed E-state index contributed by atoms with van der Waals surface area (Å²) in [5, 5.41) is 11.4. The van der Waals surface area contributed by atoms with Gasteiger partial charge in [0.1, 0.15) is 12.7 Å². The lowest BCUT2D eigenvalue weighted by molar-refractivity contribution is 0.229. The minimum Gasteiger partial charge on any atom is -0.382 e. The number of nitrogens with one attached hydrogen (secondary N) is 1. The van der Waals surface area contributed by atoms with Crippen molar-refractivity contribution in [1.29, 1.82) is 0 Å². The molecule has 1 aliphatic rings. The zero-order chi connectivity index (χ0) is 14.0. The van der Waals surface area contributed by atoms with Gasteiger partial charge in [-0.25, -0.2) is 0 Å². The zero-order valence-electron chi connectivity index (χ0n) is 12.2. The van der Waals surface area contributed by atoms with Crippen molar-refractivity contribution in [1.82, 2.24) is 14.8 Å². The molecule has 0 aliphatic heterocycles. The fraction of sp³-hybridized carbons (Fsp3) is 0.500. The Balaban J connectivity index is 1.73. The highest BCUT2D eigenvalue weighted by Gasteiger charge is 2.27. The Morgan fingerprint density at radius 1 is 1.25 bits per heavy atom. The van der Waals surface area contributed by atoms with Gasteiger partial charge in [0, 0.05) is 11.7 Å². The summed E-state index contributed by atoms with van der Waals surface area (Å²) < 4.78 is 1.93. The molecule has 4 nitrogen and oxygen atoms in total. The molecule has 1 fully saturated rings. The van der Waals surface area contributed by atoms with Crippen molar-refractivity contribution < 1.29 is 0 Å². The largest absolute Gasteiger partial charge is 0.382 e. The summed E-state index contributed by atoms with van der Waals surface area (Å²) in [4.78, 5) is 0. The normalized spacial score (nSPS) is 21.6. The molecule has 3 rings (SSSR count). The van der Waals surface area contributed by atoms with Gasteiger partial charge in [-0.1, -0.05) is 26.3 Å². The monoisotopic (exact) mass is 270 g/mol. The van der Waals surface area contributed by atoms with E-state index in [1.165, 1.54) is 31.4 Å². The maximum atomic E-state index is 3.86. The second kappa shape index (κ2) is 5.27. The van der Waals surface area contributed by atoms with Crippen molar-refractivity contribution in [3.8, 4) is 5.69 Å². The summed E-state index contributed by atoms with van der Waals surface area (Å²) in [6.45, 7) is 4.74. The van der Waals surface area contributed by atoms with E-state index in [9.17, 15) is 0 Å². The van der Waals surface area contributed by atoms with Gasteiger partial charge in [0.2, 0.25) is 0 Å². The van der Waals surface area contributed by atoms with Crippen LogP contribution in [0.15, 0.2) is 36.9 Å². The summed E-state index contributed by atoms with van der Waals surface area (Å²) in [6, 6.07) is 9.01. The first-order valence-corrected chi connectivity index (χ1v) is 7.34. The Labute approximate surface area is 120 Å². The molecule has 1 unspecified atom stereocenters. The zero-order valence-corrected chi connectivity index (χ0v) is 12.2. The molecule has 0 amide bonds. The number of aromatic nitrogens is 3. The lowest BCUT2D eigenvalue weighted by Crippen LogP contribution is -2.31. The van der Waals surface area contributed by atoms with Gasteiger partial charge < -0.3 is 5.32 Å². The minimum absolute atomic E-state index is 0.460. The smallest absolute Gasteiger partial charge is 0.123 e. The molecule has 20 heavy (non-hydrogen) atoms. The molecule has 1 aromatic heterocycles. The van der Waals surface area contributed by atoms with Crippen LogP contribution in [0.4, 0.5) is 5.69 Å². The van der Waals surface area contributed by atoms with Crippen molar-refractivity contribution in [2.24, 2.45) is 5.41 Å². The molecule has 4 heteroatoms. The van der Waals surface area contributed by atoms with Crippen molar-refractivity contribution in [2.75, 3.05) is 5.32 Å². The SMILES string of the molecule is CC1(C)CCCC(Nc2cccc(-n3cnnc3)c2)C1. The third-order valence-corrected chi connectivity index (χ3v) is 4.14. The summed E-state index contributed by atoms with van der Waals surface area (Å²) >= 11 is 0. The highest BCUT2D eigenvalue weighted by Crippen LogP contribution is 2.36. The van der Waals surface area contributed by atoms with E-state index in [1.807, 2.05) is 4.57 Å². The first kappa shape index (κ1) is 13.2. The van der Waals surface area contributed by atoms with Crippen LogP contribution in [0.5, 0.6) is 0 Å². The average Bonchev–Trinajstić information content (AvgIpc) is 2.91. The highest BCUT2D eigenvalue weighted by molar-refractivity contribution is 5.51. The van der Waals surface area contributed by atoms with Crippen LogP contribution < -0.4 is 5.32 Å². The van der Waals surface area contributed by atoms with E-state index in [1.54, 1.807) is 12.7 Å². The van der Waals surface area contributed by atoms with E-state index in [0.29, 0.717) is 11.5 Å². The van der Waals surface area contributed by atoms with Gasteiger partial charge in [0.25, 0.3) is 0 Å². The maximum Gasteiger partial charge on any atom is 0.123 e. The molecule has 1 atom stereocenters. The number of benzene rings is 1.